The van der Waals surface area contributed by atoms with E-state index in [0.717, 1.165) is 0 Å². The van der Waals surface area contributed by atoms with Gasteiger partial charge < -0.3 is 10.4 Å². The molecule has 0 aliphatic carbocycles. The summed E-state index contributed by atoms with van der Waals surface area (Å²) in [4.78, 5) is 10.5. The Labute approximate surface area is 88.6 Å². The number of hydrogen-bond acceptors (Lipinski definition) is 4. The molecule has 1 saturated heterocycles. The molecular formula is C7H15N3O4S. The van der Waals surface area contributed by atoms with Gasteiger partial charge in [0.25, 0.3) is 10.2 Å². The molecule has 1 aliphatic rings. The first-order valence-electron chi connectivity index (χ1n) is 4.64. The Hall–Kier alpha value is -0.700. The lowest BCUT2D eigenvalue weighted by Crippen LogP contribution is -2.53. The zero-order chi connectivity index (χ0) is 11.5. The van der Waals surface area contributed by atoms with Crippen LogP contribution in [0.1, 0.15) is 6.92 Å². The molecule has 0 aromatic rings. The van der Waals surface area contributed by atoms with Crippen molar-refractivity contribution < 1.29 is 18.3 Å². The van der Waals surface area contributed by atoms with Crippen LogP contribution in [0.2, 0.25) is 0 Å². The van der Waals surface area contributed by atoms with E-state index < -0.39 is 22.2 Å². The minimum absolute atomic E-state index is 0.363. The smallest absolute Gasteiger partial charge is 0.321 e. The number of nitrogens with zero attached hydrogens (tertiary/aromatic N) is 1. The molecule has 1 heterocycles. The lowest BCUT2D eigenvalue weighted by atomic mass is 10.4. The molecule has 1 atom stereocenters. The summed E-state index contributed by atoms with van der Waals surface area (Å²) in [5, 5.41) is 11.6. The number of piperazine rings is 1. The summed E-state index contributed by atoms with van der Waals surface area (Å²) in [6.45, 7) is 3.19. The van der Waals surface area contributed by atoms with E-state index in [0.29, 0.717) is 26.2 Å². The number of carbonyl (C=O) groups is 1. The Morgan fingerprint density at radius 2 is 2.00 bits per heavy atom. The third kappa shape index (κ3) is 3.42. The number of hydrogen-bond donors (Lipinski definition) is 3. The van der Waals surface area contributed by atoms with Crippen LogP contribution >= 0.6 is 0 Å². The topological polar surface area (TPSA) is 98.7 Å². The first-order valence-corrected chi connectivity index (χ1v) is 6.08. The normalized spacial score (nSPS) is 21.1. The Balaban J connectivity index is 2.61. The van der Waals surface area contributed by atoms with Crippen molar-refractivity contribution in [3.8, 4) is 0 Å². The zero-order valence-corrected chi connectivity index (χ0v) is 9.25. The fourth-order valence-electron chi connectivity index (χ4n) is 1.23. The molecule has 0 aromatic carbocycles. The van der Waals surface area contributed by atoms with Crippen LogP contribution in [0.25, 0.3) is 0 Å². The van der Waals surface area contributed by atoms with Crippen LogP contribution in [0.5, 0.6) is 0 Å². The van der Waals surface area contributed by atoms with Crippen LogP contribution in [-0.2, 0) is 15.0 Å². The van der Waals surface area contributed by atoms with Crippen molar-refractivity contribution in [2.45, 2.75) is 13.0 Å². The molecule has 0 amide bonds. The SMILES string of the molecule is CC(NS(=O)(=O)N1CCNCC1)C(=O)O. The van der Waals surface area contributed by atoms with Crippen LogP contribution in [0.3, 0.4) is 0 Å². The second-order valence-electron chi connectivity index (χ2n) is 3.33. The minimum atomic E-state index is -3.67. The summed E-state index contributed by atoms with van der Waals surface area (Å²) in [5.41, 5.74) is 0. The Kier molecular flexibility index (Phi) is 4.03. The van der Waals surface area contributed by atoms with E-state index >= 15 is 0 Å². The number of carboxylic acids is 1. The van der Waals surface area contributed by atoms with Crippen LogP contribution in [-0.4, -0.2) is 56.0 Å². The van der Waals surface area contributed by atoms with Crippen molar-refractivity contribution >= 4 is 16.2 Å². The van der Waals surface area contributed by atoms with Gasteiger partial charge in [0.05, 0.1) is 0 Å². The van der Waals surface area contributed by atoms with Crippen LogP contribution in [0.15, 0.2) is 0 Å². The van der Waals surface area contributed by atoms with Crippen molar-refractivity contribution in [2.24, 2.45) is 0 Å². The van der Waals surface area contributed by atoms with Crippen LogP contribution in [0.4, 0.5) is 0 Å². The van der Waals surface area contributed by atoms with Gasteiger partial charge in [-0.05, 0) is 6.92 Å². The average Bonchev–Trinajstić information content (AvgIpc) is 2.18. The summed E-state index contributed by atoms with van der Waals surface area (Å²) >= 11 is 0. The molecule has 1 rings (SSSR count). The molecular weight excluding hydrogens is 222 g/mol. The van der Waals surface area contributed by atoms with E-state index in [2.05, 4.69) is 10.0 Å². The largest absolute Gasteiger partial charge is 0.480 e. The van der Waals surface area contributed by atoms with Crippen molar-refractivity contribution in [2.75, 3.05) is 26.2 Å². The van der Waals surface area contributed by atoms with Crippen molar-refractivity contribution in [3.63, 3.8) is 0 Å². The molecule has 0 aromatic heterocycles. The van der Waals surface area contributed by atoms with Crippen LogP contribution < -0.4 is 10.0 Å². The van der Waals surface area contributed by atoms with Crippen molar-refractivity contribution in [1.29, 1.82) is 0 Å². The molecule has 88 valence electrons. The molecule has 0 bridgehead atoms. The highest BCUT2D eigenvalue weighted by Gasteiger charge is 2.27. The second-order valence-corrected chi connectivity index (χ2v) is 5.03. The average molecular weight is 237 g/mol. The summed E-state index contributed by atoms with van der Waals surface area (Å²) < 4.78 is 26.6. The van der Waals surface area contributed by atoms with E-state index in [1.165, 1.54) is 11.2 Å². The predicted octanol–water partition coefficient (Wildman–Crippen LogP) is -1.80. The third-order valence-electron chi connectivity index (χ3n) is 2.11. The molecule has 0 spiro atoms. The Bertz CT molecular complexity index is 323. The molecule has 1 aliphatic heterocycles. The molecule has 0 saturated carbocycles. The lowest BCUT2D eigenvalue weighted by Gasteiger charge is -2.27. The van der Waals surface area contributed by atoms with Crippen molar-refractivity contribution in [3.05, 3.63) is 0 Å². The molecule has 0 radical (unpaired) electrons. The molecule has 8 heteroatoms. The molecule has 3 N–H and O–H groups in total. The van der Waals surface area contributed by atoms with Gasteiger partial charge in [0.1, 0.15) is 6.04 Å². The summed E-state index contributed by atoms with van der Waals surface area (Å²) in [7, 11) is -3.67. The maximum absolute atomic E-state index is 11.6. The maximum atomic E-state index is 11.6. The number of rotatable bonds is 4. The highest BCUT2D eigenvalue weighted by atomic mass is 32.2. The van der Waals surface area contributed by atoms with E-state index in [1.807, 2.05) is 0 Å². The maximum Gasteiger partial charge on any atom is 0.321 e. The first kappa shape index (κ1) is 12.4. The van der Waals surface area contributed by atoms with Gasteiger partial charge in [-0.25, -0.2) is 0 Å². The second kappa shape index (κ2) is 4.88. The number of nitrogens with one attached hydrogen (secondary N) is 2. The van der Waals surface area contributed by atoms with Gasteiger partial charge >= 0.3 is 5.97 Å². The van der Waals surface area contributed by atoms with Crippen molar-refractivity contribution in [1.82, 2.24) is 14.3 Å². The zero-order valence-electron chi connectivity index (χ0n) is 8.43. The molecule has 1 fully saturated rings. The first-order chi connectivity index (χ1) is 6.93. The highest BCUT2D eigenvalue weighted by molar-refractivity contribution is 7.87. The number of aliphatic carboxylic acids is 1. The van der Waals surface area contributed by atoms with E-state index in [4.69, 9.17) is 5.11 Å². The van der Waals surface area contributed by atoms with Gasteiger partial charge in [-0.2, -0.15) is 17.4 Å². The predicted molar refractivity (Wildman–Crippen MR) is 53.6 cm³/mol. The summed E-state index contributed by atoms with van der Waals surface area (Å²) in [5.74, 6) is -1.19. The van der Waals surface area contributed by atoms with E-state index in [1.54, 1.807) is 0 Å². The van der Waals surface area contributed by atoms with Gasteiger partial charge in [0.15, 0.2) is 0 Å². The quantitative estimate of drug-likeness (QED) is 0.536. The fourth-order valence-corrected chi connectivity index (χ4v) is 2.59. The third-order valence-corrected chi connectivity index (χ3v) is 3.81. The van der Waals surface area contributed by atoms with Gasteiger partial charge in [0, 0.05) is 26.2 Å². The standard InChI is InChI=1S/C7H15N3O4S/c1-6(7(11)12)9-15(13,14)10-4-2-8-3-5-10/h6,8-9H,2-5H2,1H3,(H,11,12). The Morgan fingerprint density at radius 3 is 2.47 bits per heavy atom. The van der Waals surface area contributed by atoms with E-state index in [-0.39, 0.29) is 0 Å². The van der Waals surface area contributed by atoms with E-state index in [9.17, 15) is 13.2 Å². The van der Waals surface area contributed by atoms with Gasteiger partial charge in [-0.3, -0.25) is 4.79 Å². The van der Waals surface area contributed by atoms with Gasteiger partial charge in [0.2, 0.25) is 0 Å². The monoisotopic (exact) mass is 237 g/mol. The van der Waals surface area contributed by atoms with Gasteiger partial charge in [-0.15, -0.1) is 0 Å². The highest BCUT2D eigenvalue weighted by Crippen LogP contribution is 2.01. The molecule has 7 nitrogen and oxygen atoms in total. The lowest BCUT2D eigenvalue weighted by molar-refractivity contribution is -0.138. The Morgan fingerprint density at radius 1 is 1.47 bits per heavy atom. The minimum Gasteiger partial charge on any atom is -0.480 e. The van der Waals surface area contributed by atoms with Gasteiger partial charge in [-0.1, -0.05) is 0 Å². The summed E-state index contributed by atoms with van der Waals surface area (Å²) in [6.07, 6.45) is 0. The fraction of sp³-hybridized carbons (Fsp3) is 0.857. The van der Waals surface area contributed by atoms with Crippen LogP contribution in [0, 0.1) is 0 Å². The molecule has 1 unspecified atom stereocenters. The molecule has 15 heavy (non-hydrogen) atoms. The number of carboxylic acid groups (broad SMARTS) is 1. The summed E-state index contributed by atoms with van der Waals surface area (Å²) in [6, 6.07) is -1.11.